The van der Waals surface area contributed by atoms with E-state index >= 15 is 0 Å². The van der Waals surface area contributed by atoms with Crippen molar-refractivity contribution < 1.29 is 14.3 Å². The van der Waals surface area contributed by atoms with Crippen LogP contribution in [-0.2, 0) is 17.8 Å². The van der Waals surface area contributed by atoms with Gasteiger partial charge in [0.05, 0.1) is 13.2 Å². The number of nitrogens with zero attached hydrogens (tertiary/aromatic N) is 3. The Morgan fingerprint density at radius 2 is 2.14 bits per heavy atom. The van der Waals surface area contributed by atoms with Crippen LogP contribution in [-0.4, -0.2) is 59.8 Å². The number of hydrogen-bond donors (Lipinski definition) is 1. The third-order valence-electron chi connectivity index (χ3n) is 5.03. The lowest BCUT2D eigenvalue weighted by Crippen LogP contribution is -2.38. The molecule has 0 bridgehead atoms. The summed E-state index contributed by atoms with van der Waals surface area (Å²) in [6.07, 6.45) is 6.01. The molecule has 1 aromatic carbocycles. The maximum Gasteiger partial charge on any atom is 0.251 e. The van der Waals surface area contributed by atoms with Crippen molar-refractivity contribution in [1.29, 1.82) is 0 Å². The van der Waals surface area contributed by atoms with Crippen molar-refractivity contribution in [2.24, 2.45) is 0 Å². The molecule has 1 aliphatic rings. The number of rotatable bonds is 9. The first-order valence-corrected chi connectivity index (χ1v) is 9.95. The molecule has 1 aliphatic heterocycles. The topological polar surface area (TPSA) is 68.6 Å². The van der Waals surface area contributed by atoms with E-state index in [4.69, 9.17) is 9.47 Å². The molecule has 152 valence electrons. The van der Waals surface area contributed by atoms with E-state index in [-0.39, 0.29) is 12.0 Å². The van der Waals surface area contributed by atoms with Crippen LogP contribution in [0.3, 0.4) is 0 Å². The number of amides is 1. The van der Waals surface area contributed by atoms with Gasteiger partial charge in [0.1, 0.15) is 17.7 Å². The minimum atomic E-state index is -0.108. The van der Waals surface area contributed by atoms with Gasteiger partial charge in [0, 0.05) is 51.2 Å². The first-order chi connectivity index (χ1) is 13.7. The molecule has 1 fully saturated rings. The minimum absolute atomic E-state index is 0.108. The quantitative estimate of drug-likeness (QED) is 0.670. The van der Waals surface area contributed by atoms with Crippen molar-refractivity contribution in [2.45, 2.75) is 39.0 Å². The standard InChI is InChI=1S/C21H30N4O3/c1-3-25-13-9-22-20(25)16-24-11-7-18(8-12-24)28-19-6-4-5-17(15-19)21(26)23-10-14-27-2/h4-6,9,13,15,18H,3,7-8,10-12,14,16H2,1-2H3,(H,23,26). The van der Waals surface area contributed by atoms with Crippen LogP contribution < -0.4 is 10.1 Å². The number of methoxy groups -OCH3 is 1. The predicted molar refractivity (Wildman–Crippen MR) is 107 cm³/mol. The molecule has 7 heteroatoms. The summed E-state index contributed by atoms with van der Waals surface area (Å²) in [5.41, 5.74) is 0.609. The van der Waals surface area contributed by atoms with Crippen molar-refractivity contribution >= 4 is 5.91 Å². The van der Waals surface area contributed by atoms with Crippen molar-refractivity contribution in [3.63, 3.8) is 0 Å². The number of benzene rings is 1. The third-order valence-corrected chi connectivity index (χ3v) is 5.03. The van der Waals surface area contributed by atoms with E-state index < -0.39 is 0 Å². The van der Waals surface area contributed by atoms with E-state index in [1.165, 1.54) is 0 Å². The highest BCUT2D eigenvalue weighted by atomic mass is 16.5. The first kappa shape index (κ1) is 20.4. The predicted octanol–water partition coefficient (Wildman–Crippen LogP) is 2.32. The number of carbonyl (C=O) groups excluding carboxylic acids is 1. The number of carbonyl (C=O) groups is 1. The molecular weight excluding hydrogens is 356 g/mol. The zero-order valence-corrected chi connectivity index (χ0v) is 16.8. The fourth-order valence-electron chi connectivity index (χ4n) is 3.44. The van der Waals surface area contributed by atoms with Crippen LogP contribution in [0.1, 0.15) is 35.9 Å². The van der Waals surface area contributed by atoms with E-state index in [9.17, 15) is 4.79 Å². The monoisotopic (exact) mass is 386 g/mol. The van der Waals surface area contributed by atoms with Gasteiger partial charge in [0.2, 0.25) is 0 Å². The van der Waals surface area contributed by atoms with Gasteiger partial charge in [-0.3, -0.25) is 9.69 Å². The van der Waals surface area contributed by atoms with E-state index in [1.54, 1.807) is 13.2 Å². The highest BCUT2D eigenvalue weighted by Gasteiger charge is 2.22. The van der Waals surface area contributed by atoms with E-state index in [2.05, 4.69) is 26.7 Å². The van der Waals surface area contributed by atoms with Crippen LogP contribution in [0.2, 0.25) is 0 Å². The number of piperidine rings is 1. The summed E-state index contributed by atoms with van der Waals surface area (Å²) in [6.45, 7) is 6.93. The van der Waals surface area contributed by atoms with Gasteiger partial charge in [0.15, 0.2) is 0 Å². The normalized spacial score (nSPS) is 15.5. The number of imidazole rings is 1. The summed E-state index contributed by atoms with van der Waals surface area (Å²) in [7, 11) is 1.61. The summed E-state index contributed by atoms with van der Waals surface area (Å²) in [4.78, 5) is 19.1. The van der Waals surface area contributed by atoms with Gasteiger partial charge in [-0.2, -0.15) is 0 Å². The Morgan fingerprint density at radius 3 is 2.89 bits per heavy atom. The Labute approximate surface area is 166 Å². The largest absolute Gasteiger partial charge is 0.490 e. The summed E-state index contributed by atoms with van der Waals surface area (Å²) in [6, 6.07) is 7.39. The molecule has 0 unspecified atom stereocenters. The van der Waals surface area contributed by atoms with Gasteiger partial charge >= 0.3 is 0 Å². The average Bonchev–Trinajstić information content (AvgIpc) is 3.17. The zero-order chi connectivity index (χ0) is 19.8. The summed E-state index contributed by atoms with van der Waals surface area (Å²) in [5.74, 6) is 1.76. The van der Waals surface area contributed by atoms with Crippen LogP contribution in [0.4, 0.5) is 0 Å². The van der Waals surface area contributed by atoms with Crippen LogP contribution in [0.25, 0.3) is 0 Å². The van der Waals surface area contributed by atoms with E-state index in [0.29, 0.717) is 18.7 Å². The number of likely N-dealkylation sites (tertiary alicyclic amines) is 1. The molecule has 0 atom stereocenters. The highest BCUT2D eigenvalue weighted by molar-refractivity contribution is 5.94. The van der Waals surface area contributed by atoms with Gasteiger partial charge in [-0.05, 0) is 38.0 Å². The number of hydrogen-bond acceptors (Lipinski definition) is 5. The Bertz CT molecular complexity index is 754. The number of nitrogens with one attached hydrogen (secondary N) is 1. The molecular formula is C21H30N4O3. The van der Waals surface area contributed by atoms with Gasteiger partial charge in [-0.15, -0.1) is 0 Å². The van der Waals surface area contributed by atoms with Gasteiger partial charge < -0.3 is 19.4 Å². The van der Waals surface area contributed by atoms with Crippen LogP contribution >= 0.6 is 0 Å². The molecule has 0 saturated carbocycles. The van der Waals surface area contributed by atoms with E-state index in [1.807, 2.05) is 30.6 Å². The Balaban J connectivity index is 1.48. The lowest BCUT2D eigenvalue weighted by atomic mass is 10.1. The van der Waals surface area contributed by atoms with Crippen LogP contribution in [0.5, 0.6) is 5.75 Å². The van der Waals surface area contributed by atoms with Crippen LogP contribution in [0, 0.1) is 0 Å². The fourth-order valence-corrected chi connectivity index (χ4v) is 3.44. The van der Waals surface area contributed by atoms with Gasteiger partial charge in [-0.25, -0.2) is 4.98 Å². The van der Waals surface area contributed by atoms with Crippen molar-refractivity contribution in [3.05, 3.63) is 48.0 Å². The molecule has 3 rings (SSSR count). The molecule has 1 amide bonds. The lowest BCUT2D eigenvalue weighted by Gasteiger charge is -2.32. The van der Waals surface area contributed by atoms with Gasteiger partial charge in [-0.1, -0.05) is 6.07 Å². The Kier molecular flexibility index (Phi) is 7.45. The third kappa shape index (κ3) is 5.56. The summed E-state index contributed by atoms with van der Waals surface area (Å²) >= 11 is 0. The molecule has 1 saturated heterocycles. The second-order valence-electron chi connectivity index (χ2n) is 7.00. The Morgan fingerprint density at radius 1 is 1.32 bits per heavy atom. The first-order valence-electron chi connectivity index (χ1n) is 9.95. The number of ether oxygens (including phenoxy) is 2. The maximum absolute atomic E-state index is 12.2. The number of aryl methyl sites for hydroxylation is 1. The molecule has 1 N–H and O–H groups in total. The maximum atomic E-state index is 12.2. The highest BCUT2D eigenvalue weighted by Crippen LogP contribution is 2.21. The molecule has 7 nitrogen and oxygen atoms in total. The molecule has 0 aliphatic carbocycles. The van der Waals surface area contributed by atoms with Crippen molar-refractivity contribution in [2.75, 3.05) is 33.4 Å². The molecule has 2 aromatic rings. The smallest absolute Gasteiger partial charge is 0.251 e. The van der Waals surface area contributed by atoms with Gasteiger partial charge in [0.25, 0.3) is 5.91 Å². The van der Waals surface area contributed by atoms with Crippen LogP contribution in [0.15, 0.2) is 36.7 Å². The average molecular weight is 386 g/mol. The molecule has 0 spiro atoms. The minimum Gasteiger partial charge on any atom is -0.490 e. The van der Waals surface area contributed by atoms with E-state index in [0.717, 1.165) is 50.6 Å². The molecule has 28 heavy (non-hydrogen) atoms. The lowest BCUT2D eigenvalue weighted by molar-refractivity contribution is 0.0919. The fraction of sp³-hybridized carbons (Fsp3) is 0.524. The summed E-state index contributed by atoms with van der Waals surface area (Å²) in [5, 5.41) is 2.83. The zero-order valence-electron chi connectivity index (χ0n) is 16.8. The molecule has 0 radical (unpaired) electrons. The van der Waals surface area contributed by atoms with Crippen molar-refractivity contribution in [1.82, 2.24) is 19.8 Å². The SMILES string of the molecule is CCn1ccnc1CN1CCC(Oc2cccc(C(=O)NCCOC)c2)CC1. The Hall–Kier alpha value is -2.38. The molecule has 2 heterocycles. The second-order valence-corrected chi connectivity index (χ2v) is 7.00. The molecule has 1 aromatic heterocycles. The number of aromatic nitrogens is 2. The van der Waals surface area contributed by atoms with Crippen molar-refractivity contribution in [3.8, 4) is 5.75 Å². The second kappa shape index (κ2) is 10.2. The summed E-state index contributed by atoms with van der Waals surface area (Å²) < 4.78 is 13.3.